The van der Waals surface area contributed by atoms with Gasteiger partial charge in [0, 0.05) is 0 Å². The van der Waals surface area contributed by atoms with Gasteiger partial charge < -0.3 is 9.47 Å². The number of hydrogen-bond donors (Lipinski definition) is 2. The van der Waals surface area contributed by atoms with Gasteiger partial charge in [0.1, 0.15) is 18.5 Å². The van der Waals surface area contributed by atoms with Crippen molar-refractivity contribution in [1.82, 2.24) is 5.43 Å². The number of nitrogens with one attached hydrogen (secondary N) is 1. The second kappa shape index (κ2) is 6.17. The summed E-state index contributed by atoms with van der Waals surface area (Å²) < 4.78 is 12.1. The molecule has 0 radical (unpaired) electrons. The Balaban J connectivity index is 1.82. The third-order valence-corrected chi connectivity index (χ3v) is 3.46. The smallest absolute Gasteiger partial charge is 0.263 e. The van der Waals surface area contributed by atoms with Crippen LogP contribution in [0.3, 0.4) is 0 Å². The molecule has 1 aliphatic heterocycles. The third kappa shape index (κ3) is 3.22. The molecule has 1 aromatic rings. The number of carbonyl (C=O) groups is 1. The average Bonchev–Trinajstić information content (AvgIpc) is 2.86. The highest BCUT2D eigenvalue weighted by Crippen LogP contribution is 2.26. The van der Waals surface area contributed by atoms with E-state index < -0.39 is 6.10 Å². The minimum atomic E-state index is -0.456. The van der Waals surface area contributed by atoms with Crippen LogP contribution in [0.5, 0.6) is 5.75 Å². The summed E-state index contributed by atoms with van der Waals surface area (Å²) in [6.45, 7) is 0.428. The zero-order chi connectivity index (χ0) is 13.0. The van der Waals surface area contributed by atoms with Gasteiger partial charge >= 0.3 is 0 Å². The number of rotatable bonds is 4. The summed E-state index contributed by atoms with van der Waals surface area (Å²) in [6, 6.07) is 7.61. The van der Waals surface area contributed by atoms with Crippen LogP contribution >= 0.6 is 15.9 Å². The number of hydrogen-bond acceptors (Lipinski definition) is 4. The largest absolute Gasteiger partial charge is 0.490 e. The lowest BCUT2D eigenvalue weighted by molar-refractivity contribution is -0.132. The second-order valence-electron chi connectivity index (χ2n) is 4.07. The quantitative estimate of drug-likeness (QED) is 0.500. The summed E-state index contributed by atoms with van der Waals surface area (Å²) >= 11 is 3.41. The minimum Gasteiger partial charge on any atom is -0.490 e. The van der Waals surface area contributed by atoms with Crippen molar-refractivity contribution in [2.45, 2.75) is 25.0 Å². The van der Waals surface area contributed by atoms with Crippen LogP contribution in [0.15, 0.2) is 28.7 Å². The lowest BCUT2D eigenvalue weighted by Crippen LogP contribution is -2.39. The summed E-state index contributed by atoms with van der Waals surface area (Å²) in [6.07, 6.45) is 0.942. The van der Waals surface area contributed by atoms with E-state index in [1.165, 1.54) is 0 Å². The van der Waals surface area contributed by atoms with Gasteiger partial charge in [0.05, 0.1) is 10.6 Å². The highest BCUT2D eigenvalue weighted by Gasteiger charge is 2.30. The molecule has 1 fully saturated rings. The molecule has 5 nitrogen and oxygen atoms in total. The van der Waals surface area contributed by atoms with E-state index >= 15 is 0 Å². The van der Waals surface area contributed by atoms with E-state index in [0.29, 0.717) is 13.0 Å². The molecule has 0 aromatic heterocycles. The summed E-state index contributed by atoms with van der Waals surface area (Å²) in [5, 5.41) is 0. The van der Waals surface area contributed by atoms with E-state index in [-0.39, 0.29) is 12.0 Å². The monoisotopic (exact) mass is 314 g/mol. The van der Waals surface area contributed by atoms with Gasteiger partial charge in [0.2, 0.25) is 0 Å². The zero-order valence-corrected chi connectivity index (χ0v) is 11.4. The van der Waals surface area contributed by atoms with Crippen LogP contribution in [0, 0.1) is 0 Å². The molecule has 1 amide bonds. The fourth-order valence-corrected chi connectivity index (χ4v) is 2.26. The molecule has 0 spiro atoms. The predicted molar refractivity (Wildman–Crippen MR) is 69.9 cm³/mol. The Morgan fingerprint density at radius 2 is 2.28 bits per heavy atom. The van der Waals surface area contributed by atoms with Gasteiger partial charge in [0.15, 0.2) is 0 Å². The average molecular weight is 315 g/mol. The maximum absolute atomic E-state index is 11.3. The fraction of sp³-hybridized carbons (Fsp3) is 0.417. The Morgan fingerprint density at radius 3 is 3.00 bits per heavy atom. The molecular formula is C12H15BrN2O3. The van der Waals surface area contributed by atoms with Crippen LogP contribution in [0.1, 0.15) is 12.8 Å². The summed E-state index contributed by atoms with van der Waals surface area (Å²) in [5.41, 5.74) is 2.10. The Bertz CT molecular complexity index is 428. The Hall–Kier alpha value is -1.11. The Morgan fingerprint density at radius 1 is 1.50 bits per heavy atom. The summed E-state index contributed by atoms with van der Waals surface area (Å²) in [5.74, 6) is 5.56. The van der Waals surface area contributed by atoms with E-state index in [4.69, 9.17) is 15.3 Å². The SMILES string of the molecule is NNC(=O)C1CCC(COc2ccccc2Br)O1. The number of benzene rings is 1. The van der Waals surface area contributed by atoms with E-state index in [1.54, 1.807) is 0 Å². The maximum Gasteiger partial charge on any atom is 0.263 e. The molecule has 18 heavy (non-hydrogen) atoms. The molecule has 3 N–H and O–H groups in total. The second-order valence-corrected chi connectivity index (χ2v) is 4.93. The van der Waals surface area contributed by atoms with E-state index in [9.17, 15) is 4.79 Å². The third-order valence-electron chi connectivity index (χ3n) is 2.80. The van der Waals surface area contributed by atoms with Crippen molar-refractivity contribution in [1.29, 1.82) is 0 Å². The Labute approximate surface area is 114 Å². The first-order valence-corrected chi connectivity index (χ1v) is 6.53. The molecule has 1 aliphatic rings. The maximum atomic E-state index is 11.3. The topological polar surface area (TPSA) is 73.6 Å². The number of para-hydroxylation sites is 1. The standard InChI is InChI=1S/C12H15BrN2O3/c13-9-3-1-2-4-10(9)17-7-8-5-6-11(18-8)12(16)15-14/h1-4,8,11H,5-7,14H2,(H,15,16). The van der Waals surface area contributed by atoms with Gasteiger partial charge in [-0.1, -0.05) is 12.1 Å². The molecule has 2 atom stereocenters. The molecule has 0 saturated carbocycles. The Kier molecular flexibility index (Phi) is 4.57. The van der Waals surface area contributed by atoms with Crippen LogP contribution < -0.4 is 16.0 Å². The van der Waals surface area contributed by atoms with Crippen LogP contribution in [-0.2, 0) is 9.53 Å². The molecule has 1 aromatic carbocycles. The lowest BCUT2D eigenvalue weighted by Gasteiger charge is -2.14. The highest BCUT2D eigenvalue weighted by molar-refractivity contribution is 9.10. The molecule has 0 aliphatic carbocycles. The highest BCUT2D eigenvalue weighted by atomic mass is 79.9. The van der Waals surface area contributed by atoms with E-state index in [2.05, 4.69) is 21.4 Å². The molecule has 0 bridgehead atoms. The molecule has 1 saturated heterocycles. The van der Waals surface area contributed by atoms with Crippen molar-refractivity contribution >= 4 is 21.8 Å². The van der Waals surface area contributed by atoms with Crippen molar-refractivity contribution in [3.8, 4) is 5.75 Å². The van der Waals surface area contributed by atoms with Crippen molar-refractivity contribution in [2.75, 3.05) is 6.61 Å². The molecule has 2 unspecified atom stereocenters. The first kappa shape index (κ1) is 13.3. The van der Waals surface area contributed by atoms with Crippen molar-refractivity contribution in [3.63, 3.8) is 0 Å². The predicted octanol–water partition coefficient (Wildman–Crippen LogP) is 1.37. The van der Waals surface area contributed by atoms with Gasteiger partial charge in [-0.25, -0.2) is 5.84 Å². The number of amides is 1. The van der Waals surface area contributed by atoms with Crippen molar-refractivity contribution in [3.05, 3.63) is 28.7 Å². The van der Waals surface area contributed by atoms with Crippen LogP contribution in [-0.4, -0.2) is 24.7 Å². The lowest BCUT2D eigenvalue weighted by atomic mass is 10.2. The molecule has 98 valence electrons. The zero-order valence-electron chi connectivity index (χ0n) is 9.77. The van der Waals surface area contributed by atoms with E-state index in [0.717, 1.165) is 16.6 Å². The van der Waals surface area contributed by atoms with Crippen LogP contribution in [0.2, 0.25) is 0 Å². The molecule has 2 rings (SSSR count). The van der Waals surface area contributed by atoms with Crippen LogP contribution in [0.4, 0.5) is 0 Å². The van der Waals surface area contributed by atoms with Gasteiger partial charge in [-0.2, -0.15) is 0 Å². The van der Waals surface area contributed by atoms with Gasteiger partial charge in [0.25, 0.3) is 5.91 Å². The van der Waals surface area contributed by atoms with Gasteiger partial charge in [-0.15, -0.1) is 0 Å². The number of nitrogens with two attached hydrogens (primary N) is 1. The minimum absolute atomic E-state index is 0.0700. The number of hydrazine groups is 1. The molecular weight excluding hydrogens is 300 g/mol. The van der Waals surface area contributed by atoms with Crippen LogP contribution in [0.25, 0.3) is 0 Å². The number of halogens is 1. The normalized spacial score (nSPS) is 22.8. The first-order valence-electron chi connectivity index (χ1n) is 5.74. The summed E-state index contributed by atoms with van der Waals surface area (Å²) in [4.78, 5) is 11.3. The fourth-order valence-electron chi connectivity index (χ4n) is 1.86. The van der Waals surface area contributed by atoms with Gasteiger partial charge in [-0.3, -0.25) is 10.2 Å². The van der Waals surface area contributed by atoms with Gasteiger partial charge in [-0.05, 0) is 40.9 Å². The van der Waals surface area contributed by atoms with Crippen molar-refractivity contribution in [2.24, 2.45) is 5.84 Å². The molecule has 1 heterocycles. The van der Waals surface area contributed by atoms with Crippen molar-refractivity contribution < 1.29 is 14.3 Å². The number of ether oxygens (including phenoxy) is 2. The number of carbonyl (C=O) groups excluding carboxylic acids is 1. The first-order chi connectivity index (χ1) is 8.70. The summed E-state index contributed by atoms with van der Waals surface area (Å²) in [7, 11) is 0. The van der Waals surface area contributed by atoms with E-state index in [1.807, 2.05) is 24.3 Å². The molecule has 6 heteroatoms.